The molecule has 1 aromatic carbocycles. The second-order valence-corrected chi connectivity index (χ2v) is 6.70. The fourth-order valence-electron chi connectivity index (χ4n) is 2.38. The second kappa shape index (κ2) is 7.52. The molecule has 2 heterocycles. The highest BCUT2D eigenvalue weighted by molar-refractivity contribution is 8.00. The van der Waals surface area contributed by atoms with Crippen LogP contribution in [0, 0.1) is 13.8 Å². The van der Waals surface area contributed by atoms with Gasteiger partial charge in [-0.25, -0.2) is 0 Å². The lowest BCUT2D eigenvalue weighted by Crippen LogP contribution is -2.25. The summed E-state index contributed by atoms with van der Waals surface area (Å²) in [4.78, 5) is 12.5. The molecule has 8 heteroatoms. The van der Waals surface area contributed by atoms with E-state index >= 15 is 0 Å². The lowest BCUT2D eigenvalue weighted by atomic mass is 10.3. The molecule has 3 aromatic rings. The summed E-state index contributed by atoms with van der Waals surface area (Å²) in [5.74, 6) is 1.70. The van der Waals surface area contributed by atoms with Crippen molar-refractivity contribution in [1.29, 1.82) is 0 Å². The molecule has 1 amide bonds. The van der Waals surface area contributed by atoms with E-state index in [-0.39, 0.29) is 11.2 Å². The summed E-state index contributed by atoms with van der Waals surface area (Å²) in [5, 5.41) is 15.3. The van der Waals surface area contributed by atoms with Crippen LogP contribution in [0.2, 0.25) is 0 Å². The number of hydrogen-bond donors (Lipinski definition) is 1. The summed E-state index contributed by atoms with van der Waals surface area (Å²) in [6.07, 6.45) is 0.647. The van der Waals surface area contributed by atoms with E-state index in [9.17, 15) is 4.79 Å². The molecule has 0 unspecified atom stereocenters. The quantitative estimate of drug-likeness (QED) is 0.681. The molecule has 25 heavy (non-hydrogen) atoms. The van der Waals surface area contributed by atoms with E-state index in [0.29, 0.717) is 23.2 Å². The average molecular weight is 357 g/mol. The Morgan fingerprint density at radius 3 is 2.68 bits per heavy atom. The second-order valence-electron chi connectivity index (χ2n) is 5.53. The number of amides is 1. The van der Waals surface area contributed by atoms with Crippen LogP contribution in [0.3, 0.4) is 0 Å². The van der Waals surface area contributed by atoms with E-state index < -0.39 is 0 Å². The number of nitrogens with one attached hydrogen (secondary N) is 1. The number of hydrogen-bond acceptors (Lipinski definition) is 6. The van der Waals surface area contributed by atoms with Crippen molar-refractivity contribution in [2.24, 2.45) is 0 Å². The summed E-state index contributed by atoms with van der Waals surface area (Å²) in [7, 11) is 0. The highest BCUT2D eigenvalue weighted by Crippen LogP contribution is 2.28. The van der Waals surface area contributed by atoms with E-state index in [0.717, 1.165) is 11.5 Å². The topological polar surface area (TPSA) is 85.8 Å². The maximum atomic E-state index is 12.5. The molecule has 0 spiro atoms. The molecule has 0 aliphatic heterocycles. The number of aryl methyl sites for hydroxylation is 2. The number of nitrogens with zero attached hydrogens (tertiary/aromatic N) is 4. The molecule has 0 fully saturated rings. The van der Waals surface area contributed by atoms with Gasteiger partial charge < -0.3 is 9.84 Å². The van der Waals surface area contributed by atoms with Crippen LogP contribution < -0.4 is 5.32 Å². The highest BCUT2D eigenvalue weighted by atomic mass is 32.2. The van der Waals surface area contributed by atoms with E-state index in [1.54, 1.807) is 13.0 Å². The van der Waals surface area contributed by atoms with Crippen molar-refractivity contribution < 1.29 is 9.32 Å². The van der Waals surface area contributed by atoms with Crippen LogP contribution in [0.15, 0.2) is 46.1 Å². The number of carbonyl (C=O) groups is 1. The molecule has 0 saturated heterocycles. The highest BCUT2D eigenvalue weighted by Gasteiger charge is 2.23. The minimum Gasteiger partial charge on any atom is -0.360 e. The first kappa shape index (κ1) is 17.2. The van der Waals surface area contributed by atoms with Gasteiger partial charge in [-0.2, -0.15) is 0 Å². The van der Waals surface area contributed by atoms with Crippen molar-refractivity contribution in [1.82, 2.24) is 19.9 Å². The van der Waals surface area contributed by atoms with Gasteiger partial charge in [0.05, 0.1) is 5.25 Å². The Hall–Kier alpha value is -2.61. The molecule has 1 atom stereocenters. The average Bonchev–Trinajstić information content (AvgIpc) is 3.18. The van der Waals surface area contributed by atoms with Crippen molar-refractivity contribution in [3.63, 3.8) is 0 Å². The van der Waals surface area contributed by atoms with Gasteiger partial charge in [0.15, 0.2) is 11.0 Å². The van der Waals surface area contributed by atoms with Crippen LogP contribution in [0.25, 0.3) is 5.69 Å². The van der Waals surface area contributed by atoms with Gasteiger partial charge in [0.2, 0.25) is 5.91 Å². The molecular weight excluding hydrogens is 338 g/mol. The minimum absolute atomic E-state index is 0.138. The standard InChI is InChI=1S/C17H19N5O2S/c1-4-14(16(23)18-15-10-11(2)24-21-15)25-17-20-19-12(3)22(17)13-8-6-5-7-9-13/h5-10,14H,4H2,1-3H3,(H,18,21,23)/t14-/m0/s1. The van der Waals surface area contributed by atoms with Crippen LogP contribution in [0.1, 0.15) is 24.9 Å². The van der Waals surface area contributed by atoms with Crippen LogP contribution in [-0.2, 0) is 4.79 Å². The summed E-state index contributed by atoms with van der Waals surface area (Å²) in [6, 6.07) is 11.5. The number of benzene rings is 1. The van der Waals surface area contributed by atoms with Gasteiger partial charge in [0.25, 0.3) is 0 Å². The Labute approximate surface area is 149 Å². The van der Waals surface area contributed by atoms with E-state index in [4.69, 9.17) is 4.52 Å². The number of rotatable bonds is 6. The maximum Gasteiger partial charge on any atom is 0.239 e. The number of aromatic nitrogens is 4. The van der Waals surface area contributed by atoms with Crippen LogP contribution >= 0.6 is 11.8 Å². The first-order valence-electron chi connectivity index (χ1n) is 7.96. The number of thioether (sulfide) groups is 1. The molecule has 1 N–H and O–H groups in total. The zero-order valence-electron chi connectivity index (χ0n) is 14.3. The van der Waals surface area contributed by atoms with Crippen molar-refractivity contribution >= 4 is 23.5 Å². The maximum absolute atomic E-state index is 12.5. The number of para-hydroxylation sites is 1. The summed E-state index contributed by atoms with van der Waals surface area (Å²) >= 11 is 1.38. The van der Waals surface area contributed by atoms with Gasteiger partial charge in [-0.15, -0.1) is 10.2 Å². The molecule has 0 bridgehead atoms. The zero-order chi connectivity index (χ0) is 17.8. The minimum atomic E-state index is -0.317. The lowest BCUT2D eigenvalue weighted by Gasteiger charge is -2.14. The summed E-state index contributed by atoms with van der Waals surface area (Å²) in [6.45, 7) is 5.63. The third kappa shape index (κ3) is 3.90. The first-order valence-corrected chi connectivity index (χ1v) is 8.84. The number of anilines is 1. The Kier molecular flexibility index (Phi) is 5.18. The Morgan fingerprint density at radius 2 is 2.04 bits per heavy atom. The van der Waals surface area contributed by atoms with Gasteiger partial charge in [-0.1, -0.05) is 42.0 Å². The van der Waals surface area contributed by atoms with E-state index in [2.05, 4.69) is 20.7 Å². The molecule has 3 rings (SSSR count). The summed E-state index contributed by atoms with van der Waals surface area (Å²) in [5.41, 5.74) is 0.967. The predicted molar refractivity (Wildman–Crippen MR) is 95.9 cm³/mol. The van der Waals surface area contributed by atoms with Crippen LogP contribution in [0.4, 0.5) is 5.82 Å². The first-order chi connectivity index (χ1) is 12.1. The monoisotopic (exact) mass is 357 g/mol. The van der Waals surface area contributed by atoms with Crippen LogP contribution in [-0.4, -0.2) is 31.1 Å². The van der Waals surface area contributed by atoms with Crippen molar-refractivity contribution in [2.45, 2.75) is 37.6 Å². The number of carbonyl (C=O) groups excluding carboxylic acids is 1. The molecular formula is C17H19N5O2S. The fraction of sp³-hybridized carbons (Fsp3) is 0.294. The van der Waals surface area contributed by atoms with Crippen molar-refractivity contribution in [3.05, 3.63) is 48.0 Å². The van der Waals surface area contributed by atoms with Gasteiger partial charge in [-0.05, 0) is 32.4 Å². The van der Waals surface area contributed by atoms with E-state index in [1.165, 1.54) is 11.8 Å². The lowest BCUT2D eigenvalue weighted by molar-refractivity contribution is -0.115. The third-order valence-corrected chi connectivity index (χ3v) is 4.91. The van der Waals surface area contributed by atoms with Gasteiger partial charge in [0.1, 0.15) is 11.6 Å². The zero-order valence-corrected chi connectivity index (χ0v) is 15.1. The largest absolute Gasteiger partial charge is 0.360 e. The molecule has 0 radical (unpaired) electrons. The van der Waals surface area contributed by atoms with E-state index in [1.807, 2.05) is 48.7 Å². The molecule has 130 valence electrons. The van der Waals surface area contributed by atoms with Crippen molar-refractivity contribution in [3.8, 4) is 5.69 Å². The van der Waals surface area contributed by atoms with Crippen LogP contribution in [0.5, 0.6) is 0 Å². The Bertz CT molecular complexity index is 859. The van der Waals surface area contributed by atoms with Gasteiger partial charge in [0, 0.05) is 11.8 Å². The predicted octanol–water partition coefficient (Wildman–Crippen LogP) is 3.38. The van der Waals surface area contributed by atoms with Crippen molar-refractivity contribution in [2.75, 3.05) is 5.32 Å². The molecule has 2 aromatic heterocycles. The molecule has 0 aliphatic rings. The smallest absolute Gasteiger partial charge is 0.239 e. The Balaban J connectivity index is 1.79. The SMILES string of the molecule is CC[C@H](Sc1nnc(C)n1-c1ccccc1)C(=O)Nc1cc(C)on1. The third-order valence-electron chi connectivity index (χ3n) is 3.60. The summed E-state index contributed by atoms with van der Waals surface area (Å²) < 4.78 is 6.92. The van der Waals surface area contributed by atoms with Gasteiger partial charge in [-0.3, -0.25) is 9.36 Å². The fourth-order valence-corrected chi connectivity index (χ4v) is 3.39. The van der Waals surface area contributed by atoms with Gasteiger partial charge >= 0.3 is 0 Å². The molecule has 7 nitrogen and oxygen atoms in total. The normalized spacial score (nSPS) is 12.1. The molecule has 0 aliphatic carbocycles. The molecule has 0 saturated carbocycles. The Morgan fingerprint density at radius 1 is 1.28 bits per heavy atom.